The van der Waals surface area contributed by atoms with Gasteiger partial charge in [0.2, 0.25) is 5.91 Å². The predicted molar refractivity (Wildman–Crippen MR) is 355 cm³/mol. The maximum Gasteiger partial charge on any atom is 0.472 e. The van der Waals surface area contributed by atoms with Gasteiger partial charge < -0.3 is 19.8 Å². The van der Waals surface area contributed by atoms with E-state index in [1.54, 1.807) is 0 Å². The summed E-state index contributed by atoms with van der Waals surface area (Å²) in [6, 6.07) is -0.772. The SMILES string of the molecule is CC/C=C\C/C=C\C/C=C\C/C=C\C/C=C\C/C=C\CCCCCCCCCCC(=O)NC(COP(=O)(O)OCC[N+](C)(C)C)C(O)CCCCCCCCCCCCCCCCCCCCCCCCCCCCCCCCCC. The Morgan fingerprint density at radius 1 is 0.432 bits per heavy atom. The molecule has 3 unspecified atom stereocenters. The van der Waals surface area contributed by atoms with E-state index in [9.17, 15) is 19.4 Å². The highest BCUT2D eigenvalue weighted by Gasteiger charge is 2.28. The minimum atomic E-state index is -4.34. The van der Waals surface area contributed by atoms with E-state index in [1.807, 2.05) is 21.1 Å². The topological polar surface area (TPSA) is 105 Å². The van der Waals surface area contributed by atoms with Gasteiger partial charge in [0.1, 0.15) is 13.2 Å². The van der Waals surface area contributed by atoms with Crippen molar-refractivity contribution in [2.24, 2.45) is 0 Å². The van der Waals surface area contributed by atoms with E-state index in [0.717, 1.165) is 83.5 Å². The summed E-state index contributed by atoms with van der Waals surface area (Å²) in [5, 5.41) is 14.1. The molecule has 0 heterocycles. The Morgan fingerprint density at radius 3 is 1.09 bits per heavy atom. The molecule has 0 aliphatic rings. The van der Waals surface area contributed by atoms with Crippen LogP contribution in [0.15, 0.2) is 72.9 Å². The lowest BCUT2D eigenvalue weighted by Gasteiger charge is -2.26. The smallest absolute Gasteiger partial charge is 0.391 e. The number of allylic oxidation sites excluding steroid dienone is 12. The Bertz CT molecular complexity index is 1550. The van der Waals surface area contributed by atoms with Crippen LogP contribution in [0.25, 0.3) is 0 Å². The van der Waals surface area contributed by atoms with E-state index in [0.29, 0.717) is 23.9 Å². The van der Waals surface area contributed by atoms with Gasteiger partial charge >= 0.3 is 7.82 Å². The molecule has 0 spiro atoms. The van der Waals surface area contributed by atoms with Crippen LogP contribution in [0.1, 0.15) is 328 Å². The Morgan fingerprint density at radius 2 is 0.741 bits per heavy atom. The fourth-order valence-electron chi connectivity index (χ4n) is 10.3. The van der Waals surface area contributed by atoms with E-state index in [4.69, 9.17) is 9.05 Å². The lowest BCUT2D eigenvalue weighted by Crippen LogP contribution is -2.46. The van der Waals surface area contributed by atoms with Crippen LogP contribution >= 0.6 is 7.82 Å². The summed E-state index contributed by atoms with van der Waals surface area (Å²) >= 11 is 0. The van der Waals surface area contributed by atoms with E-state index in [1.165, 1.54) is 218 Å². The molecule has 0 saturated carbocycles. The lowest BCUT2D eigenvalue weighted by molar-refractivity contribution is -0.870. The number of carbonyl (C=O) groups is 1. The van der Waals surface area contributed by atoms with Crippen LogP contribution in [0.3, 0.4) is 0 Å². The molecule has 0 aromatic rings. The quantitative estimate of drug-likeness (QED) is 0.0243. The largest absolute Gasteiger partial charge is 0.472 e. The molecule has 3 N–H and O–H groups in total. The molecule has 9 heteroatoms. The first kappa shape index (κ1) is 78.9. The lowest BCUT2D eigenvalue weighted by atomic mass is 10.0. The van der Waals surface area contributed by atoms with Crippen LogP contribution in [0.2, 0.25) is 0 Å². The van der Waals surface area contributed by atoms with Gasteiger partial charge in [-0.15, -0.1) is 0 Å². The van der Waals surface area contributed by atoms with Gasteiger partial charge in [-0.1, -0.05) is 331 Å². The summed E-state index contributed by atoms with van der Waals surface area (Å²) in [6.07, 6.45) is 87.2. The second-order valence-corrected chi connectivity index (χ2v) is 26.3. The number of hydrogen-bond acceptors (Lipinski definition) is 5. The van der Waals surface area contributed by atoms with E-state index in [-0.39, 0.29) is 19.1 Å². The van der Waals surface area contributed by atoms with Gasteiger partial charge in [-0.3, -0.25) is 13.8 Å². The Kier molecular flexibility index (Phi) is 60.9. The van der Waals surface area contributed by atoms with Gasteiger partial charge in [0, 0.05) is 6.42 Å². The first-order chi connectivity index (χ1) is 39.5. The highest BCUT2D eigenvalue weighted by atomic mass is 31.2. The number of aliphatic hydroxyl groups excluding tert-OH is 1. The van der Waals surface area contributed by atoms with Gasteiger partial charge in [-0.25, -0.2) is 4.57 Å². The number of aliphatic hydroxyl groups is 1. The average Bonchev–Trinajstić information content (AvgIpc) is 3.43. The number of quaternary nitrogens is 1. The van der Waals surface area contributed by atoms with Crippen molar-refractivity contribution < 1.29 is 32.9 Å². The zero-order valence-electron chi connectivity index (χ0n) is 54.3. The molecular weight excluding hydrogens is 1020 g/mol. The molecule has 0 fully saturated rings. The van der Waals surface area contributed by atoms with Crippen molar-refractivity contribution in [1.82, 2.24) is 5.32 Å². The van der Waals surface area contributed by atoms with Crippen molar-refractivity contribution in [3.63, 3.8) is 0 Å². The number of nitrogens with zero attached hydrogens (tertiary/aromatic N) is 1. The number of likely N-dealkylation sites (N-methyl/N-ethyl adjacent to an activating group) is 1. The first-order valence-electron chi connectivity index (χ1n) is 34.8. The number of phosphoric acid groups is 1. The Balaban J connectivity index is 4.06. The summed E-state index contributed by atoms with van der Waals surface area (Å²) < 4.78 is 23.9. The molecule has 0 aliphatic carbocycles. The molecule has 0 aromatic carbocycles. The summed E-state index contributed by atoms with van der Waals surface area (Å²) in [5.41, 5.74) is 0. The van der Waals surface area contributed by atoms with Crippen molar-refractivity contribution in [3.05, 3.63) is 72.9 Å². The molecule has 81 heavy (non-hydrogen) atoms. The van der Waals surface area contributed by atoms with Crippen LogP contribution in [0, 0.1) is 0 Å². The maximum atomic E-state index is 13.1. The van der Waals surface area contributed by atoms with Crippen LogP contribution in [-0.2, 0) is 18.4 Å². The number of nitrogens with one attached hydrogen (secondary N) is 1. The second kappa shape index (κ2) is 62.5. The van der Waals surface area contributed by atoms with E-state index >= 15 is 0 Å². The van der Waals surface area contributed by atoms with Crippen molar-refractivity contribution in [2.45, 2.75) is 341 Å². The number of carbonyl (C=O) groups excluding carboxylic acids is 1. The monoisotopic (exact) mass is 1160 g/mol. The predicted octanol–water partition coefficient (Wildman–Crippen LogP) is 22.2. The average molecular weight is 1160 g/mol. The molecule has 1 amide bonds. The maximum absolute atomic E-state index is 13.1. The molecule has 474 valence electrons. The van der Waals surface area contributed by atoms with Gasteiger partial charge in [0.05, 0.1) is 39.9 Å². The number of unbranched alkanes of at least 4 members (excludes halogenated alkanes) is 39. The minimum Gasteiger partial charge on any atom is -0.391 e. The molecule has 3 atom stereocenters. The summed E-state index contributed by atoms with van der Waals surface area (Å²) in [7, 11) is 1.61. The summed E-state index contributed by atoms with van der Waals surface area (Å²) in [6.45, 7) is 4.80. The van der Waals surface area contributed by atoms with E-state index in [2.05, 4.69) is 92.1 Å². The van der Waals surface area contributed by atoms with Crippen LogP contribution in [-0.4, -0.2) is 73.4 Å². The molecule has 0 saturated heterocycles. The molecule has 8 nitrogen and oxygen atoms in total. The Hall–Kier alpha value is -2.06. The summed E-state index contributed by atoms with van der Waals surface area (Å²) in [5.74, 6) is -0.151. The van der Waals surface area contributed by atoms with Crippen LogP contribution < -0.4 is 5.32 Å². The fourth-order valence-corrected chi connectivity index (χ4v) is 11.1. The minimum absolute atomic E-state index is 0.0703. The number of phosphoric ester groups is 1. The molecule has 0 bridgehead atoms. The normalized spacial score (nSPS) is 14.1. The molecule has 0 aromatic heterocycles. The van der Waals surface area contributed by atoms with E-state index < -0.39 is 20.0 Å². The third-order valence-corrected chi connectivity index (χ3v) is 16.7. The standard InChI is InChI=1S/C72H135N2O6P/c1-6-8-10-12-14-16-18-20-22-24-26-28-30-32-34-35-36-37-38-40-41-43-45-47-49-51-53-55-57-59-61-63-65-71(75)70(69-80-81(77,78)79-68-67-74(3,4)5)73-72(76)66-64-62-60-58-56-54-52-50-48-46-44-42-39-33-31-29-27-25-23-21-19-17-15-13-11-9-7-2/h9,11,15,17,21,23,27,29,33,39,44,46,70-71,75H,6-8,10,12-14,16,18-20,22,24-26,28,30-32,34-38,40-43,45,47-69H2,1-5H3,(H-,73,76,77,78)/p+1/b11-9-,17-15-,23-21-,29-27-,39-33-,46-44-. The van der Waals surface area contributed by atoms with Crippen molar-refractivity contribution in [1.29, 1.82) is 0 Å². The number of rotatable bonds is 64. The van der Waals surface area contributed by atoms with Gasteiger partial charge in [-0.2, -0.15) is 0 Å². The second-order valence-electron chi connectivity index (χ2n) is 24.9. The number of amides is 1. The highest BCUT2D eigenvalue weighted by molar-refractivity contribution is 7.47. The zero-order valence-corrected chi connectivity index (χ0v) is 55.2. The molecule has 0 aliphatic heterocycles. The zero-order chi connectivity index (χ0) is 59.1. The van der Waals surface area contributed by atoms with Gasteiger partial charge in [0.15, 0.2) is 0 Å². The van der Waals surface area contributed by atoms with Gasteiger partial charge in [-0.05, 0) is 64.2 Å². The fraction of sp³-hybridized carbons (Fsp3) is 0.819. The number of hydrogen-bond donors (Lipinski definition) is 3. The van der Waals surface area contributed by atoms with Gasteiger partial charge in [0.25, 0.3) is 0 Å². The van der Waals surface area contributed by atoms with Crippen molar-refractivity contribution >= 4 is 13.7 Å². The molecular formula is C72H136N2O6P+. The van der Waals surface area contributed by atoms with Crippen molar-refractivity contribution in [2.75, 3.05) is 40.9 Å². The summed E-state index contributed by atoms with van der Waals surface area (Å²) in [4.78, 5) is 23.5. The molecule has 0 radical (unpaired) electrons. The third-order valence-electron chi connectivity index (χ3n) is 15.7. The molecule has 0 rings (SSSR count). The Labute approximate surface area is 504 Å². The van der Waals surface area contributed by atoms with Crippen molar-refractivity contribution in [3.8, 4) is 0 Å². The highest BCUT2D eigenvalue weighted by Crippen LogP contribution is 2.43. The van der Waals surface area contributed by atoms with Crippen LogP contribution in [0.4, 0.5) is 0 Å². The third kappa shape index (κ3) is 65.3. The first-order valence-corrected chi connectivity index (χ1v) is 36.3. The van der Waals surface area contributed by atoms with Crippen LogP contribution in [0.5, 0.6) is 0 Å².